The van der Waals surface area contributed by atoms with Gasteiger partial charge >= 0.3 is 0 Å². The predicted molar refractivity (Wildman–Crippen MR) is 80.2 cm³/mol. The average Bonchev–Trinajstić information content (AvgIpc) is 3.00. The highest BCUT2D eigenvalue weighted by atomic mass is 32.2. The van der Waals surface area contributed by atoms with Crippen molar-refractivity contribution in [3.8, 4) is 0 Å². The molecule has 20 heavy (non-hydrogen) atoms. The molecule has 0 aromatic heterocycles. The summed E-state index contributed by atoms with van der Waals surface area (Å²) < 4.78 is 27.4. The minimum absolute atomic E-state index is 0.418. The summed E-state index contributed by atoms with van der Waals surface area (Å²) in [7, 11) is -3.36. The molecule has 2 fully saturated rings. The topological polar surface area (TPSA) is 49.4 Å². The Bertz CT molecular complexity index is 573. The van der Waals surface area contributed by atoms with Gasteiger partial charge < -0.3 is 5.32 Å². The molecular formula is C15H22N2O2S. The molecule has 0 amide bonds. The normalized spacial score (nSPS) is 26.6. The Morgan fingerprint density at radius 1 is 1.20 bits per heavy atom. The Kier molecular flexibility index (Phi) is 3.73. The van der Waals surface area contributed by atoms with Crippen LogP contribution >= 0.6 is 0 Å². The molecule has 0 bridgehead atoms. The number of anilines is 1. The van der Waals surface area contributed by atoms with Crippen molar-refractivity contribution in [1.82, 2.24) is 4.31 Å². The Morgan fingerprint density at radius 3 is 2.50 bits per heavy atom. The number of fused-ring (bicyclic) bond motifs is 1. The van der Waals surface area contributed by atoms with E-state index >= 15 is 0 Å². The Balaban J connectivity index is 1.89. The molecule has 1 aliphatic heterocycles. The first-order valence-corrected chi connectivity index (χ1v) is 8.90. The molecule has 4 nitrogen and oxygen atoms in total. The summed E-state index contributed by atoms with van der Waals surface area (Å²) in [4.78, 5) is 0.418. The Morgan fingerprint density at radius 2 is 1.85 bits per heavy atom. The standard InChI is InChI=1S/C15H22N2O2S/c1-2-16-14-8-3-4-9-15(14)20(18,19)17-10-12-6-5-7-13(12)11-17/h3-4,8-9,12-13,16H,2,5-7,10-11H2,1H3. The maximum Gasteiger partial charge on any atom is 0.245 e. The van der Waals surface area contributed by atoms with Gasteiger partial charge in [0.25, 0.3) is 0 Å². The zero-order valence-electron chi connectivity index (χ0n) is 11.9. The van der Waals surface area contributed by atoms with Gasteiger partial charge in [-0.15, -0.1) is 0 Å². The monoisotopic (exact) mass is 294 g/mol. The van der Waals surface area contributed by atoms with Crippen molar-refractivity contribution < 1.29 is 8.42 Å². The largest absolute Gasteiger partial charge is 0.384 e. The highest BCUT2D eigenvalue weighted by Crippen LogP contribution is 2.40. The maximum atomic E-state index is 12.8. The molecule has 0 spiro atoms. The molecule has 5 heteroatoms. The third-order valence-electron chi connectivity index (χ3n) is 4.56. The van der Waals surface area contributed by atoms with Crippen LogP contribution < -0.4 is 5.32 Å². The molecule has 2 atom stereocenters. The van der Waals surface area contributed by atoms with Crippen molar-refractivity contribution >= 4 is 15.7 Å². The molecule has 2 unspecified atom stereocenters. The molecule has 0 radical (unpaired) electrons. The van der Waals surface area contributed by atoms with E-state index in [1.165, 1.54) is 19.3 Å². The van der Waals surface area contributed by atoms with Gasteiger partial charge in [0.2, 0.25) is 10.0 Å². The van der Waals surface area contributed by atoms with E-state index in [2.05, 4.69) is 5.32 Å². The number of sulfonamides is 1. The van der Waals surface area contributed by atoms with Crippen molar-refractivity contribution in [2.75, 3.05) is 25.0 Å². The fourth-order valence-corrected chi connectivity index (χ4v) is 5.28. The molecule has 110 valence electrons. The van der Waals surface area contributed by atoms with Gasteiger partial charge in [0, 0.05) is 19.6 Å². The summed E-state index contributed by atoms with van der Waals surface area (Å²) in [5, 5.41) is 3.15. The van der Waals surface area contributed by atoms with Crippen molar-refractivity contribution in [1.29, 1.82) is 0 Å². The smallest absolute Gasteiger partial charge is 0.245 e. The van der Waals surface area contributed by atoms with E-state index < -0.39 is 10.0 Å². The van der Waals surface area contributed by atoms with Gasteiger partial charge in [0.15, 0.2) is 0 Å². The fraction of sp³-hybridized carbons (Fsp3) is 0.600. The second-order valence-corrected chi connectivity index (χ2v) is 7.71. The lowest BCUT2D eigenvalue weighted by Crippen LogP contribution is -2.30. The van der Waals surface area contributed by atoms with Crippen LogP contribution in [-0.4, -0.2) is 32.4 Å². The lowest BCUT2D eigenvalue weighted by Gasteiger charge is -2.19. The van der Waals surface area contributed by atoms with Gasteiger partial charge in [-0.2, -0.15) is 4.31 Å². The van der Waals surface area contributed by atoms with Crippen LogP contribution in [0.4, 0.5) is 5.69 Å². The van der Waals surface area contributed by atoms with Crippen LogP contribution in [0.2, 0.25) is 0 Å². The fourth-order valence-electron chi connectivity index (χ4n) is 3.56. The molecule has 1 aromatic rings. The molecule has 1 heterocycles. The Hall–Kier alpha value is -1.07. The van der Waals surface area contributed by atoms with Crippen molar-refractivity contribution in [2.45, 2.75) is 31.1 Å². The molecule has 1 N–H and O–H groups in total. The summed E-state index contributed by atoms with van der Waals surface area (Å²) in [6.07, 6.45) is 3.63. The first kappa shape index (κ1) is 13.9. The highest BCUT2D eigenvalue weighted by Gasteiger charge is 2.41. The predicted octanol–water partition coefficient (Wildman–Crippen LogP) is 2.54. The summed E-state index contributed by atoms with van der Waals surface area (Å²) in [6, 6.07) is 7.22. The maximum absolute atomic E-state index is 12.8. The quantitative estimate of drug-likeness (QED) is 0.928. The molecule has 3 rings (SSSR count). The van der Waals surface area contributed by atoms with Gasteiger partial charge in [-0.3, -0.25) is 0 Å². The number of rotatable bonds is 4. The highest BCUT2D eigenvalue weighted by molar-refractivity contribution is 7.89. The zero-order chi connectivity index (χ0) is 14.2. The van der Waals surface area contributed by atoms with Crippen LogP contribution in [0, 0.1) is 11.8 Å². The average molecular weight is 294 g/mol. The van der Waals surface area contributed by atoms with E-state index in [-0.39, 0.29) is 0 Å². The van der Waals surface area contributed by atoms with Crippen LogP contribution in [0.25, 0.3) is 0 Å². The number of benzene rings is 1. The zero-order valence-corrected chi connectivity index (χ0v) is 12.7. The molecule has 1 saturated heterocycles. The van der Waals surface area contributed by atoms with Crippen molar-refractivity contribution in [3.05, 3.63) is 24.3 Å². The second-order valence-electron chi connectivity index (χ2n) is 5.80. The SMILES string of the molecule is CCNc1ccccc1S(=O)(=O)N1CC2CCCC2C1. The number of hydrogen-bond donors (Lipinski definition) is 1. The lowest BCUT2D eigenvalue weighted by atomic mass is 10.0. The first-order valence-electron chi connectivity index (χ1n) is 7.46. The van der Waals surface area contributed by atoms with Gasteiger partial charge in [0.05, 0.1) is 5.69 Å². The van der Waals surface area contributed by atoms with Gasteiger partial charge in [0.1, 0.15) is 4.90 Å². The summed E-state index contributed by atoms with van der Waals surface area (Å²) in [5.74, 6) is 1.16. The van der Waals surface area contributed by atoms with E-state index in [1.807, 2.05) is 19.1 Å². The number of hydrogen-bond acceptors (Lipinski definition) is 3. The van der Waals surface area contributed by atoms with Crippen LogP contribution in [0.1, 0.15) is 26.2 Å². The van der Waals surface area contributed by atoms with Crippen LogP contribution in [0.15, 0.2) is 29.2 Å². The third-order valence-corrected chi connectivity index (χ3v) is 6.45. The first-order chi connectivity index (χ1) is 9.63. The number of nitrogens with zero attached hydrogens (tertiary/aromatic N) is 1. The van der Waals surface area contributed by atoms with E-state index in [9.17, 15) is 8.42 Å². The van der Waals surface area contributed by atoms with Crippen LogP contribution in [-0.2, 0) is 10.0 Å². The molecule has 1 saturated carbocycles. The number of para-hydroxylation sites is 1. The van der Waals surface area contributed by atoms with Crippen LogP contribution in [0.3, 0.4) is 0 Å². The molecule has 1 aromatic carbocycles. The van der Waals surface area contributed by atoms with E-state index in [1.54, 1.807) is 16.4 Å². The summed E-state index contributed by atoms with van der Waals surface area (Å²) in [5.41, 5.74) is 0.715. The molecule has 2 aliphatic rings. The van der Waals surface area contributed by atoms with E-state index in [0.29, 0.717) is 35.5 Å². The van der Waals surface area contributed by atoms with E-state index in [4.69, 9.17) is 0 Å². The third kappa shape index (κ3) is 2.33. The van der Waals surface area contributed by atoms with Gasteiger partial charge in [-0.1, -0.05) is 18.6 Å². The van der Waals surface area contributed by atoms with E-state index in [0.717, 1.165) is 6.54 Å². The molecule has 1 aliphatic carbocycles. The lowest BCUT2D eigenvalue weighted by molar-refractivity contribution is 0.445. The van der Waals surface area contributed by atoms with Crippen molar-refractivity contribution in [2.24, 2.45) is 11.8 Å². The van der Waals surface area contributed by atoms with Gasteiger partial charge in [-0.05, 0) is 43.7 Å². The van der Waals surface area contributed by atoms with Gasteiger partial charge in [-0.25, -0.2) is 8.42 Å². The van der Waals surface area contributed by atoms with Crippen molar-refractivity contribution in [3.63, 3.8) is 0 Å². The minimum Gasteiger partial charge on any atom is -0.384 e. The minimum atomic E-state index is -3.36. The summed E-state index contributed by atoms with van der Waals surface area (Å²) >= 11 is 0. The Labute approximate surface area is 121 Å². The number of nitrogens with one attached hydrogen (secondary N) is 1. The summed E-state index contributed by atoms with van der Waals surface area (Å²) in [6.45, 7) is 4.10. The molecular weight excluding hydrogens is 272 g/mol. The van der Waals surface area contributed by atoms with Crippen LogP contribution in [0.5, 0.6) is 0 Å². The second kappa shape index (κ2) is 5.37.